The lowest BCUT2D eigenvalue weighted by atomic mass is 9.76. The number of carboxylic acids is 1. The molecule has 4 nitrogen and oxygen atoms in total. The van der Waals surface area contributed by atoms with Gasteiger partial charge in [0.15, 0.2) is 11.2 Å². The summed E-state index contributed by atoms with van der Waals surface area (Å²) in [5.41, 5.74) is 0.546. The van der Waals surface area contributed by atoms with Gasteiger partial charge in [0.1, 0.15) is 0 Å². The topological polar surface area (TPSA) is 63.6 Å². The van der Waals surface area contributed by atoms with Gasteiger partial charge in [-0.2, -0.15) is 0 Å². The van der Waals surface area contributed by atoms with E-state index in [0.29, 0.717) is 6.61 Å². The molecule has 1 N–H and O–H groups in total. The third-order valence-electron chi connectivity index (χ3n) is 3.39. The van der Waals surface area contributed by atoms with Crippen LogP contribution in [0.1, 0.15) is 17.5 Å². The van der Waals surface area contributed by atoms with Crippen LogP contribution >= 0.6 is 0 Å². The highest BCUT2D eigenvalue weighted by Gasteiger charge is 2.47. The Hall–Kier alpha value is -1.68. The van der Waals surface area contributed by atoms with E-state index in [2.05, 4.69) is 0 Å². The zero-order chi connectivity index (χ0) is 13.2. The van der Waals surface area contributed by atoms with Crippen molar-refractivity contribution < 1.29 is 19.4 Å². The Bertz CT molecular complexity index is 463. The molecule has 2 rings (SSSR count). The summed E-state index contributed by atoms with van der Waals surface area (Å²) in [6, 6.07) is 7.56. The molecule has 0 radical (unpaired) electrons. The highest BCUT2D eigenvalue weighted by molar-refractivity contribution is 6.04. The van der Waals surface area contributed by atoms with E-state index >= 15 is 0 Å². The molecule has 0 amide bonds. The van der Waals surface area contributed by atoms with Crippen LogP contribution in [0.25, 0.3) is 0 Å². The maximum absolute atomic E-state index is 12.0. The Morgan fingerprint density at radius 3 is 2.61 bits per heavy atom. The number of carbonyl (C=O) groups excluding carboxylic acids is 1. The van der Waals surface area contributed by atoms with Crippen LogP contribution in [0.3, 0.4) is 0 Å². The van der Waals surface area contributed by atoms with Crippen molar-refractivity contribution in [3.63, 3.8) is 0 Å². The van der Waals surface area contributed by atoms with Gasteiger partial charge in [-0.15, -0.1) is 0 Å². The molecule has 18 heavy (non-hydrogen) atoms. The summed E-state index contributed by atoms with van der Waals surface area (Å²) in [4.78, 5) is 23.4. The standard InChI is InChI=1S/C14H16O4/c1-10-2-4-11(5-3-10)8-14(13(16)17)9-18-7-6-12(14)15/h2-5H,6-9H2,1H3,(H,16,17). The molecule has 1 heterocycles. The molecule has 96 valence electrons. The van der Waals surface area contributed by atoms with Crippen LogP contribution in [-0.2, 0) is 20.7 Å². The summed E-state index contributed by atoms with van der Waals surface area (Å²) in [5, 5.41) is 9.37. The van der Waals surface area contributed by atoms with Crippen molar-refractivity contribution in [2.24, 2.45) is 5.41 Å². The first-order chi connectivity index (χ1) is 8.54. The highest BCUT2D eigenvalue weighted by atomic mass is 16.5. The second-order valence-corrected chi connectivity index (χ2v) is 4.78. The summed E-state index contributed by atoms with van der Waals surface area (Å²) in [5.74, 6) is -1.32. The summed E-state index contributed by atoms with van der Waals surface area (Å²) >= 11 is 0. The first kappa shape index (κ1) is 12.8. The third-order valence-corrected chi connectivity index (χ3v) is 3.39. The molecule has 0 spiro atoms. The summed E-state index contributed by atoms with van der Waals surface area (Å²) in [7, 11) is 0. The van der Waals surface area contributed by atoms with Crippen LogP contribution in [0.2, 0.25) is 0 Å². The third kappa shape index (κ3) is 2.29. The first-order valence-corrected chi connectivity index (χ1v) is 5.94. The van der Waals surface area contributed by atoms with E-state index in [9.17, 15) is 14.7 Å². The molecule has 1 atom stereocenters. The van der Waals surface area contributed by atoms with Crippen LogP contribution in [0.15, 0.2) is 24.3 Å². The minimum absolute atomic E-state index is 0.0327. The van der Waals surface area contributed by atoms with Crippen LogP contribution in [0.4, 0.5) is 0 Å². The quantitative estimate of drug-likeness (QED) is 0.825. The van der Waals surface area contributed by atoms with Crippen molar-refractivity contribution in [1.29, 1.82) is 0 Å². The average Bonchev–Trinajstić information content (AvgIpc) is 2.35. The van der Waals surface area contributed by atoms with Gasteiger partial charge < -0.3 is 9.84 Å². The van der Waals surface area contributed by atoms with Gasteiger partial charge in [-0.3, -0.25) is 9.59 Å². The Morgan fingerprint density at radius 2 is 2.06 bits per heavy atom. The van der Waals surface area contributed by atoms with Crippen molar-refractivity contribution in [2.45, 2.75) is 19.8 Å². The van der Waals surface area contributed by atoms with E-state index in [0.717, 1.165) is 11.1 Å². The molecule has 1 fully saturated rings. The van der Waals surface area contributed by atoms with E-state index < -0.39 is 11.4 Å². The second-order valence-electron chi connectivity index (χ2n) is 4.78. The largest absolute Gasteiger partial charge is 0.480 e. The highest BCUT2D eigenvalue weighted by Crippen LogP contribution is 2.30. The molecule has 1 aromatic carbocycles. The van der Waals surface area contributed by atoms with E-state index in [4.69, 9.17) is 4.74 Å². The van der Waals surface area contributed by atoms with Gasteiger partial charge in [0.25, 0.3) is 0 Å². The number of hydrogen-bond acceptors (Lipinski definition) is 3. The minimum atomic E-state index is -1.41. The summed E-state index contributed by atoms with van der Waals surface area (Å²) in [6.07, 6.45) is 0.375. The monoisotopic (exact) mass is 248 g/mol. The van der Waals surface area contributed by atoms with Gasteiger partial charge in [-0.25, -0.2) is 0 Å². The second kappa shape index (κ2) is 4.90. The number of Topliss-reactive ketones (excluding diaryl/α,β-unsaturated/α-hetero) is 1. The van der Waals surface area contributed by atoms with Crippen LogP contribution in [0.5, 0.6) is 0 Å². The fourth-order valence-corrected chi connectivity index (χ4v) is 2.19. The van der Waals surface area contributed by atoms with E-state index in [-0.39, 0.29) is 25.2 Å². The number of rotatable bonds is 3. The summed E-state index contributed by atoms with van der Waals surface area (Å²) < 4.78 is 5.21. The fourth-order valence-electron chi connectivity index (χ4n) is 2.19. The Kier molecular flexibility index (Phi) is 3.48. The lowest BCUT2D eigenvalue weighted by molar-refractivity contribution is -0.164. The Labute approximate surface area is 106 Å². The SMILES string of the molecule is Cc1ccc(CC2(C(=O)O)COCCC2=O)cc1. The number of carbonyl (C=O) groups is 2. The van der Waals surface area contributed by atoms with E-state index in [1.54, 1.807) is 0 Å². The van der Waals surface area contributed by atoms with Crippen molar-refractivity contribution >= 4 is 11.8 Å². The van der Waals surface area contributed by atoms with Crippen molar-refractivity contribution in [3.8, 4) is 0 Å². The van der Waals surface area contributed by atoms with E-state index in [1.165, 1.54) is 0 Å². The number of hydrogen-bond donors (Lipinski definition) is 1. The first-order valence-electron chi connectivity index (χ1n) is 5.94. The molecular formula is C14H16O4. The van der Waals surface area contributed by atoms with Crippen molar-refractivity contribution in [2.75, 3.05) is 13.2 Å². The number of aliphatic carboxylic acids is 1. The summed E-state index contributed by atoms with van der Waals surface area (Å²) in [6.45, 7) is 2.25. The Balaban J connectivity index is 2.28. The molecule has 0 aliphatic carbocycles. The molecule has 4 heteroatoms. The van der Waals surface area contributed by atoms with Gasteiger partial charge in [0.05, 0.1) is 13.2 Å². The molecule has 1 aliphatic rings. The van der Waals surface area contributed by atoms with Gasteiger partial charge in [-0.05, 0) is 18.9 Å². The molecule has 1 aromatic rings. The lowest BCUT2D eigenvalue weighted by Crippen LogP contribution is -2.48. The van der Waals surface area contributed by atoms with E-state index in [1.807, 2.05) is 31.2 Å². The number of carboxylic acid groups (broad SMARTS) is 1. The number of ether oxygens (including phenoxy) is 1. The van der Waals surface area contributed by atoms with Gasteiger partial charge in [0.2, 0.25) is 0 Å². The van der Waals surface area contributed by atoms with Gasteiger partial charge in [0, 0.05) is 6.42 Å². The molecular weight excluding hydrogens is 232 g/mol. The predicted octanol–water partition coefficient (Wildman–Crippen LogP) is 1.60. The maximum Gasteiger partial charge on any atom is 0.319 e. The average molecular weight is 248 g/mol. The van der Waals surface area contributed by atoms with Crippen molar-refractivity contribution in [1.82, 2.24) is 0 Å². The molecule has 1 unspecified atom stereocenters. The maximum atomic E-state index is 12.0. The molecule has 0 bridgehead atoms. The lowest BCUT2D eigenvalue weighted by Gasteiger charge is -2.31. The number of ketones is 1. The fraction of sp³-hybridized carbons (Fsp3) is 0.429. The zero-order valence-electron chi connectivity index (χ0n) is 10.3. The predicted molar refractivity (Wildman–Crippen MR) is 65.4 cm³/mol. The molecule has 0 aromatic heterocycles. The molecule has 1 aliphatic heterocycles. The number of aryl methyl sites for hydroxylation is 1. The molecule has 1 saturated heterocycles. The van der Waals surface area contributed by atoms with Gasteiger partial charge in [-0.1, -0.05) is 29.8 Å². The minimum Gasteiger partial charge on any atom is -0.480 e. The van der Waals surface area contributed by atoms with Gasteiger partial charge >= 0.3 is 5.97 Å². The molecule has 0 saturated carbocycles. The Morgan fingerprint density at radius 1 is 1.39 bits per heavy atom. The smallest absolute Gasteiger partial charge is 0.319 e. The normalized spacial score (nSPS) is 23.9. The van der Waals surface area contributed by atoms with Crippen LogP contribution in [-0.4, -0.2) is 30.1 Å². The van der Waals surface area contributed by atoms with Crippen LogP contribution < -0.4 is 0 Å². The van der Waals surface area contributed by atoms with Crippen LogP contribution in [0, 0.1) is 12.3 Å². The van der Waals surface area contributed by atoms with Crippen molar-refractivity contribution in [3.05, 3.63) is 35.4 Å². The number of benzene rings is 1. The zero-order valence-corrected chi connectivity index (χ0v) is 10.3.